The number of hydrogen-bond donors (Lipinski definition) is 2. The van der Waals surface area contributed by atoms with Gasteiger partial charge in [0, 0.05) is 6.07 Å². The number of nitro groups is 1. The summed E-state index contributed by atoms with van der Waals surface area (Å²) in [5.74, 6) is -2.55. The van der Waals surface area contributed by atoms with Crippen LogP contribution < -0.4 is 4.74 Å². The van der Waals surface area contributed by atoms with E-state index in [1.165, 1.54) is 0 Å². The van der Waals surface area contributed by atoms with E-state index in [4.69, 9.17) is 5.11 Å². The zero-order chi connectivity index (χ0) is 11.6. The number of hydrogen-bond acceptors (Lipinski definition) is 5. The van der Waals surface area contributed by atoms with E-state index < -0.39 is 28.1 Å². The topological polar surface area (TPSA) is 110 Å². The van der Waals surface area contributed by atoms with Crippen LogP contribution in [-0.2, 0) is 0 Å². The number of aromatic carboxylic acids is 1. The minimum atomic E-state index is -1.34. The summed E-state index contributed by atoms with van der Waals surface area (Å²) in [5, 5.41) is 28.5. The Bertz CT molecular complexity index is 427. The predicted molar refractivity (Wildman–Crippen MR) is 48.3 cm³/mol. The standard InChI is InChI=1S/C8H7NO6/c1-15-7-4(8(11)12)2-3-5(6(7)10)9(13)14/h2-3,10H,1H3,(H,11,12). The van der Waals surface area contributed by atoms with Gasteiger partial charge in [-0.15, -0.1) is 0 Å². The third-order valence-corrected chi connectivity index (χ3v) is 1.74. The Morgan fingerprint density at radius 2 is 2.13 bits per heavy atom. The van der Waals surface area contributed by atoms with E-state index in [1.54, 1.807) is 0 Å². The van der Waals surface area contributed by atoms with Crippen LogP contribution in [0.4, 0.5) is 5.69 Å². The number of phenolic OH excluding ortho intramolecular Hbond substituents is 1. The molecule has 0 heterocycles. The second-order valence-electron chi connectivity index (χ2n) is 2.58. The van der Waals surface area contributed by atoms with Crippen molar-refractivity contribution >= 4 is 11.7 Å². The molecule has 0 atom stereocenters. The Balaban J connectivity index is 3.45. The quantitative estimate of drug-likeness (QED) is 0.572. The van der Waals surface area contributed by atoms with Crippen LogP contribution >= 0.6 is 0 Å². The van der Waals surface area contributed by atoms with Gasteiger partial charge in [0.05, 0.1) is 12.0 Å². The van der Waals surface area contributed by atoms with Crippen molar-refractivity contribution in [1.82, 2.24) is 0 Å². The highest BCUT2D eigenvalue weighted by atomic mass is 16.6. The van der Waals surface area contributed by atoms with Gasteiger partial charge in [0.1, 0.15) is 5.56 Å². The lowest BCUT2D eigenvalue weighted by atomic mass is 10.1. The van der Waals surface area contributed by atoms with Crippen molar-refractivity contribution in [2.24, 2.45) is 0 Å². The summed E-state index contributed by atoms with van der Waals surface area (Å²) in [5.41, 5.74) is -0.933. The fraction of sp³-hybridized carbons (Fsp3) is 0.125. The smallest absolute Gasteiger partial charge is 0.339 e. The van der Waals surface area contributed by atoms with Crippen molar-refractivity contribution in [2.75, 3.05) is 7.11 Å². The molecule has 0 aliphatic rings. The van der Waals surface area contributed by atoms with Gasteiger partial charge in [-0.25, -0.2) is 4.79 Å². The lowest BCUT2D eigenvalue weighted by Gasteiger charge is -2.06. The van der Waals surface area contributed by atoms with Crippen LogP contribution in [0.1, 0.15) is 10.4 Å². The molecule has 7 heteroatoms. The molecule has 80 valence electrons. The molecule has 0 aromatic heterocycles. The highest BCUT2D eigenvalue weighted by Gasteiger charge is 2.23. The Morgan fingerprint density at radius 1 is 1.53 bits per heavy atom. The second-order valence-corrected chi connectivity index (χ2v) is 2.58. The minimum Gasteiger partial charge on any atom is -0.499 e. The van der Waals surface area contributed by atoms with Crippen LogP contribution in [0.5, 0.6) is 11.5 Å². The van der Waals surface area contributed by atoms with Crippen LogP contribution in [0.2, 0.25) is 0 Å². The number of carboxylic acids is 1. The third-order valence-electron chi connectivity index (χ3n) is 1.74. The van der Waals surface area contributed by atoms with Crippen molar-refractivity contribution < 1.29 is 24.7 Å². The summed E-state index contributed by atoms with van der Waals surface area (Å²) in [6.07, 6.45) is 0. The first-order valence-electron chi connectivity index (χ1n) is 3.76. The average Bonchev–Trinajstić information content (AvgIpc) is 2.16. The van der Waals surface area contributed by atoms with Crippen molar-refractivity contribution in [3.8, 4) is 11.5 Å². The molecule has 2 N–H and O–H groups in total. The van der Waals surface area contributed by atoms with Gasteiger partial charge in [0.2, 0.25) is 5.75 Å². The number of aromatic hydroxyl groups is 1. The zero-order valence-electron chi connectivity index (χ0n) is 7.63. The predicted octanol–water partition coefficient (Wildman–Crippen LogP) is 1.01. The fourth-order valence-electron chi connectivity index (χ4n) is 1.08. The maximum absolute atomic E-state index is 10.7. The second kappa shape index (κ2) is 3.82. The first-order valence-corrected chi connectivity index (χ1v) is 3.76. The number of nitro benzene ring substituents is 1. The van der Waals surface area contributed by atoms with Gasteiger partial charge in [0.15, 0.2) is 5.75 Å². The molecule has 0 fully saturated rings. The van der Waals surface area contributed by atoms with Gasteiger partial charge >= 0.3 is 11.7 Å². The van der Waals surface area contributed by atoms with E-state index in [-0.39, 0.29) is 5.56 Å². The maximum Gasteiger partial charge on any atom is 0.339 e. The van der Waals surface area contributed by atoms with E-state index in [0.29, 0.717) is 0 Å². The molecular weight excluding hydrogens is 206 g/mol. The molecule has 0 radical (unpaired) electrons. The monoisotopic (exact) mass is 213 g/mol. The molecule has 0 aliphatic heterocycles. The molecule has 1 aromatic carbocycles. The van der Waals surface area contributed by atoms with Crippen molar-refractivity contribution in [2.45, 2.75) is 0 Å². The zero-order valence-corrected chi connectivity index (χ0v) is 7.63. The van der Waals surface area contributed by atoms with Crippen LogP contribution in [0.15, 0.2) is 12.1 Å². The molecule has 0 unspecified atom stereocenters. The number of rotatable bonds is 3. The number of carboxylic acid groups (broad SMARTS) is 1. The molecule has 0 aliphatic carbocycles. The van der Waals surface area contributed by atoms with Gasteiger partial charge in [-0.3, -0.25) is 10.1 Å². The highest BCUT2D eigenvalue weighted by molar-refractivity contribution is 5.92. The lowest BCUT2D eigenvalue weighted by molar-refractivity contribution is -0.386. The lowest BCUT2D eigenvalue weighted by Crippen LogP contribution is -2.02. The molecule has 0 saturated carbocycles. The minimum absolute atomic E-state index is 0.333. The van der Waals surface area contributed by atoms with E-state index in [9.17, 15) is 20.0 Å². The van der Waals surface area contributed by atoms with Gasteiger partial charge in [-0.2, -0.15) is 0 Å². The third kappa shape index (κ3) is 1.80. The number of carbonyl (C=O) groups is 1. The molecule has 0 bridgehead atoms. The normalized spacial score (nSPS) is 9.67. The fourth-order valence-corrected chi connectivity index (χ4v) is 1.08. The molecule has 0 saturated heterocycles. The largest absolute Gasteiger partial charge is 0.499 e. The van der Waals surface area contributed by atoms with Crippen molar-refractivity contribution in [3.63, 3.8) is 0 Å². The summed E-state index contributed by atoms with van der Waals surface area (Å²) in [6, 6.07) is 1.90. The van der Waals surface area contributed by atoms with E-state index in [0.717, 1.165) is 19.2 Å². The summed E-state index contributed by atoms with van der Waals surface area (Å²) in [6.45, 7) is 0. The van der Waals surface area contributed by atoms with Gasteiger partial charge in [-0.1, -0.05) is 0 Å². The first-order chi connectivity index (χ1) is 6.99. The highest BCUT2D eigenvalue weighted by Crippen LogP contribution is 2.38. The number of methoxy groups -OCH3 is 1. The summed E-state index contributed by atoms with van der Waals surface area (Å²) >= 11 is 0. The van der Waals surface area contributed by atoms with Crippen LogP contribution in [0, 0.1) is 10.1 Å². The summed E-state index contributed by atoms with van der Waals surface area (Å²) in [7, 11) is 1.12. The number of nitrogens with zero attached hydrogens (tertiary/aromatic N) is 1. The SMILES string of the molecule is COc1c(C(=O)O)ccc([N+](=O)[O-])c1O. The number of ether oxygens (including phenoxy) is 1. The Labute approximate surface area is 83.7 Å². The molecule has 0 spiro atoms. The van der Waals surface area contributed by atoms with Crippen LogP contribution in [0.3, 0.4) is 0 Å². The molecular formula is C8H7NO6. The average molecular weight is 213 g/mol. The van der Waals surface area contributed by atoms with Crippen molar-refractivity contribution in [3.05, 3.63) is 27.8 Å². The van der Waals surface area contributed by atoms with Gasteiger partial charge < -0.3 is 14.9 Å². The van der Waals surface area contributed by atoms with E-state index in [1.807, 2.05) is 0 Å². The van der Waals surface area contributed by atoms with Crippen LogP contribution in [-0.4, -0.2) is 28.2 Å². The molecule has 0 amide bonds. The number of phenols is 1. The summed E-state index contributed by atoms with van der Waals surface area (Å²) in [4.78, 5) is 20.2. The molecule has 7 nitrogen and oxygen atoms in total. The maximum atomic E-state index is 10.7. The van der Waals surface area contributed by atoms with Gasteiger partial charge in [-0.05, 0) is 6.07 Å². The Kier molecular flexibility index (Phi) is 2.75. The van der Waals surface area contributed by atoms with E-state index >= 15 is 0 Å². The Morgan fingerprint density at radius 3 is 2.53 bits per heavy atom. The molecule has 1 rings (SSSR count). The Hall–Kier alpha value is -2.31. The number of benzene rings is 1. The van der Waals surface area contributed by atoms with E-state index in [2.05, 4.69) is 4.74 Å². The van der Waals surface area contributed by atoms with Gasteiger partial charge in [0.25, 0.3) is 0 Å². The summed E-state index contributed by atoms with van der Waals surface area (Å²) < 4.78 is 4.59. The van der Waals surface area contributed by atoms with Crippen molar-refractivity contribution in [1.29, 1.82) is 0 Å². The first kappa shape index (κ1) is 10.8. The molecule has 1 aromatic rings. The van der Waals surface area contributed by atoms with Crippen LogP contribution in [0.25, 0.3) is 0 Å². The molecule has 15 heavy (non-hydrogen) atoms.